The lowest BCUT2D eigenvalue weighted by Crippen LogP contribution is -2.48. The third kappa shape index (κ3) is 4.07. The first-order valence-electron chi connectivity index (χ1n) is 10.7. The van der Waals surface area contributed by atoms with Crippen LogP contribution in [-0.4, -0.2) is 39.8 Å². The van der Waals surface area contributed by atoms with Crippen molar-refractivity contribution in [3.63, 3.8) is 0 Å². The number of carbonyl (C=O) groups is 2. The summed E-state index contributed by atoms with van der Waals surface area (Å²) in [5.74, 6) is 3.65. The van der Waals surface area contributed by atoms with Gasteiger partial charge in [-0.25, -0.2) is 0 Å². The summed E-state index contributed by atoms with van der Waals surface area (Å²) in [6.07, 6.45) is 5.95. The maximum atomic E-state index is 12.7. The first kappa shape index (κ1) is 20.8. The number of hydrogen-bond acceptors (Lipinski definition) is 6. The summed E-state index contributed by atoms with van der Waals surface area (Å²) >= 11 is 0. The molecule has 0 heterocycles. The molecule has 30 heavy (non-hydrogen) atoms. The Bertz CT molecular complexity index is 779. The number of carbonyl (C=O) groups excluding carboxylic acids is 2. The third-order valence-corrected chi connectivity index (χ3v) is 7.11. The molecule has 0 saturated heterocycles. The molecule has 0 aromatic heterocycles. The minimum atomic E-state index is -0.330. The van der Waals surface area contributed by atoms with Crippen LogP contribution >= 0.6 is 0 Å². The van der Waals surface area contributed by atoms with Crippen LogP contribution in [-0.2, 0) is 20.9 Å². The summed E-state index contributed by atoms with van der Waals surface area (Å²) in [6.45, 7) is -0.0187. The van der Waals surface area contributed by atoms with Crippen molar-refractivity contribution in [1.29, 1.82) is 0 Å². The molecule has 4 aliphatic carbocycles. The van der Waals surface area contributed by atoms with Gasteiger partial charge in [-0.1, -0.05) is 0 Å². The zero-order chi connectivity index (χ0) is 21.3. The van der Waals surface area contributed by atoms with Crippen LogP contribution in [0.4, 0.5) is 0 Å². The Labute approximate surface area is 177 Å². The number of methoxy groups -OCH3 is 3. The number of rotatable bonds is 8. The van der Waals surface area contributed by atoms with Crippen LogP contribution in [0.1, 0.15) is 37.7 Å². The number of ether oxygens (including phenoxy) is 4. The van der Waals surface area contributed by atoms with E-state index >= 15 is 0 Å². The van der Waals surface area contributed by atoms with Gasteiger partial charge >= 0.3 is 5.97 Å². The van der Waals surface area contributed by atoms with E-state index in [1.54, 1.807) is 33.5 Å². The molecule has 0 spiro atoms. The molecule has 0 unspecified atom stereocenters. The molecule has 0 radical (unpaired) electrons. The monoisotopic (exact) mass is 417 g/mol. The molecule has 0 atom stereocenters. The summed E-state index contributed by atoms with van der Waals surface area (Å²) < 4.78 is 21.4. The van der Waals surface area contributed by atoms with Crippen molar-refractivity contribution >= 4 is 11.9 Å². The number of hydrogen-bond donors (Lipinski definition) is 1. The van der Waals surface area contributed by atoms with E-state index in [1.807, 2.05) is 0 Å². The van der Waals surface area contributed by atoms with E-state index in [2.05, 4.69) is 5.32 Å². The van der Waals surface area contributed by atoms with Crippen LogP contribution in [0.25, 0.3) is 0 Å². The fourth-order valence-corrected chi connectivity index (χ4v) is 6.02. The van der Waals surface area contributed by atoms with Gasteiger partial charge in [0.05, 0.1) is 27.2 Å². The second-order valence-electron chi connectivity index (χ2n) is 8.86. The van der Waals surface area contributed by atoms with E-state index in [0.29, 0.717) is 29.1 Å². The topological polar surface area (TPSA) is 83.1 Å². The lowest BCUT2D eigenvalue weighted by Gasteiger charge is -2.53. The lowest BCUT2D eigenvalue weighted by molar-refractivity contribution is -0.164. The lowest BCUT2D eigenvalue weighted by atomic mass is 9.52. The van der Waals surface area contributed by atoms with Gasteiger partial charge < -0.3 is 24.3 Å². The Morgan fingerprint density at radius 1 is 0.867 bits per heavy atom. The zero-order valence-electron chi connectivity index (χ0n) is 17.9. The normalized spacial score (nSPS) is 28.7. The van der Waals surface area contributed by atoms with E-state index in [9.17, 15) is 9.59 Å². The van der Waals surface area contributed by atoms with E-state index in [4.69, 9.17) is 18.9 Å². The molecule has 1 aromatic carbocycles. The van der Waals surface area contributed by atoms with Crippen LogP contribution in [0.15, 0.2) is 12.1 Å². The zero-order valence-corrected chi connectivity index (χ0v) is 17.9. The van der Waals surface area contributed by atoms with Crippen molar-refractivity contribution in [3.05, 3.63) is 17.7 Å². The number of benzene rings is 1. The fourth-order valence-electron chi connectivity index (χ4n) is 6.02. The van der Waals surface area contributed by atoms with E-state index in [1.165, 1.54) is 6.42 Å². The van der Waals surface area contributed by atoms with Crippen molar-refractivity contribution in [2.75, 3.05) is 27.9 Å². The van der Waals surface area contributed by atoms with Crippen molar-refractivity contribution in [2.45, 2.75) is 38.6 Å². The molecule has 4 aliphatic rings. The maximum Gasteiger partial charge on any atom is 0.310 e. The van der Waals surface area contributed by atoms with Gasteiger partial charge in [0.1, 0.15) is 5.75 Å². The van der Waals surface area contributed by atoms with Crippen molar-refractivity contribution in [1.82, 2.24) is 5.32 Å². The fraction of sp³-hybridized carbons (Fsp3) is 0.652. The molecule has 7 heteroatoms. The molecule has 4 saturated carbocycles. The second kappa shape index (κ2) is 8.74. The Hall–Kier alpha value is -2.44. The third-order valence-electron chi connectivity index (χ3n) is 7.11. The van der Waals surface area contributed by atoms with E-state index in [0.717, 1.165) is 43.1 Å². The minimum absolute atomic E-state index is 0.0171. The molecule has 7 nitrogen and oxygen atoms in total. The Kier molecular flexibility index (Phi) is 6.06. The molecule has 164 valence electrons. The summed E-state index contributed by atoms with van der Waals surface area (Å²) in [5, 5.41) is 2.79. The summed E-state index contributed by atoms with van der Waals surface area (Å²) in [4.78, 5) is 25.0. The second-order valence-corrected chi connectivity index (χ2v) is 8.86. The predicted molar refractivity (Wildman–Crippen MR) is 109 cm³/mol. The molecule has 1 N–H and O–H groups in total. The van der Waals surface area contributed by atoms with Crippen LogP contribution in [0, 0.1) is 29.6 Å². The average molecular weight is 418 g/mol. The molecular weight excluding hydrogens is 386 g/mol. The van der Waals surface area contributed by atoms with E-state index in [-0.39, 0.29) is 30.9 Å². The number of amides is 1. The first-order chi connectivity index (χ1) is 14.5. The van der Waals surface area contributed by atoms with E-state index < -0.39 is 0 Å². The van der Waals surface area contributed by atoms with Crippen LogP contribution in [0.5, 0.6) is 17.2 Å². The molecule has 1 amide bonds. The molecule has 5 rings (SSSR count). The van der Waals surface area contributed by atoms with Gasteiger partial charge in [0.15, 0.2) is 18.1 Å². The van der Waals surface area contributed by atoms with Gasteiger partial charge in [0.2, 0.25) is 0 Å². The van der Waals surface area contributed by atoms with Gasteiger partial charge in [-0.2, -0.15) is 0 Å². The SMILES string of the molecule is COc1cc(OC)c(OC)cc1CNC(=O)COC(=O)C1C2CC3CC(C2)CC1C3. The standard InChI is InChI=1S/C23H31NO6/c1-27-18-10-20(29-3)19(28-2)9-17(18)11-24-21(25)12-30-23(26)22-15-5-13-4-14(7-15)8-16(22)6-13/h9-10,13-16,22H,4-8,11-12H2,1-3H3,(H,24,25). The molecule has 1 aromatic rings. The van der Waals surface area contributed by atoms with Gasteiger partial charge in [0.25, 0.3) is 5.91 Å². The predicted octanol–water partition coefficient (Wildman–Crippen LogP) is 2.94. The highest BCUT2D eigenvalue weighted by molar-refractivity contribution is 5.81. The smallest absolute Gasteiger partial charge is 0.310 e. The van der Waals surface area contributed by atoms with Gasteiger partial charge in [0, 0.05) is 18.2 Å². The summed E-state index contributed by atoms with van der Waals surface area (Å²) in [6, 6.07) is 3.48. The molecule has 0 aliphatic heterocycles. The summed E-state index contributed by atoms with van der Waals surface area (Å²) in [7, 11) is 4.66. The highest BCUT2D eigenvalue weighted by Gasteiger charge is 2.51. The van der Waals surface area contributed by atoms with Crippen molar-refractivity contribution < 1.29 is 28.5 Å². The maximum absolute atomic E-state index is 12.7. The van der Waals surface area contributed by atoms with Crippen LogP contribution in [0.3, 0.4) is 0 Å². The van der Waals surface area contributed by atoms with Crippen molar-refractivity contribution in [3.8, 4) is 17.2 Å². The largest absolute Gasteiger partial charge is 0.496 e. The molecular formula is C23H31NO6. The quantitative estimate of drug-likeness (QED) is 0.655. The highest BCUT2D eigenvalue weighted by Crippen LogP contribution is 2.56. The van der Waals surface area contributed by atoms with Gasteiger partial charge in [-0.05, 0) is 61.8 Å². The van der Waals surface area contributed by atoms with Gasteiger partial charge in [-0.15, -0.1) is 0 Å². The number of esters is 1. The Balaban J connectivity index is 1.30. The first-order valence-corrected chi connectivity index (χ1v) is 10.7. The average Bonchev–Trinajstić information content (AvgIpc) is 2.74. The summed E-state index contributed by atoms with van der Waals surface area (Å²) in [5.41, 5.74) is 0.746. The van der Waals surface area contributed by atoms with Crippen LogP contribution in [0.2, 0.25) is 0 Å². The minimum Gasteiger partial charge on any atom is -0.496 e. The van der Waals surface area contributed by atoms with Crippen LogP contribution < -0.4 is 19.5 Å². The Morgan fingerprint density at radius 3 is 2.00 bits per heavy atom. The highest BCUT2D eigenvalue weighted by atomic mass is 16.5. The molecule has 4 fully saturated rings. The number of nitrogens with one attached hydrogen (secondary N) is 1. The Morgan fingerprint density at radius 2 is 1.43 bits per heavy atom. The van der Waals surface area contributed by atoms with Crippen molar-refractivity contribution in [2.24, 2.45) is 29.6 Å². The van der Waals surface area contributed by atoms with Gasteiger partial charge in [-0.3, -0.25) is 9.59 Å². The molecule has 4 bridgehead atoms.